The van der Waals surface area contributed by atoms with Gasteiger partial charge in [-0.2, -0.15) is 0 Å². The zero-order valence-corrected chi connectivity index (χ0v) is 11.1. The normalized spacial score (nSPS) is 10.4. The van der Waals surface area contributed by atoms with Crippen LogP contribution in [0.1, 0.15) is 11.3 Å². The van der Waals surface area contributed by atoms with E-state index >= 15 is 0 Å². The van der Waals surface area contributed by atoms with Crippen molar-refractivity contribution in [1.82, 2.24) is 9.97 Å². The van der Waals surface area contributed by atoms with Crippen molar-refractivity contribution in [2.24, 2.45) is 0 Å². The number of methoxy groups -OCH3 is 1. The Kier molecular flexibility index (Phi) is 3.39. The third-order valence-corrected chi connectivity index (χ3v) is 3.14. The number of aryl methyl sites for hydroxylation is 1. The topological polar surface area (TPSA) is 55.2 Å². The highest BCUT2D eigenvalue weighted by atomic mass is 35.5. The number of phenolic OH excluding ortho intramolecular Hbond substituents is 1. The van der Waals surface area contributed by atoms with Crippen molar-refractivity contribution >= 4 is 11.6 Å². The van der Waals surface area contributed by atoms with Crippen LogP contribution < -0.4 is 4.74 Å². The van der Waals surface area contributed by atoms with Crippen molar-refractivity contribution in [2.45, 2.75) is 13.8 Å². The molecule has 0 aliphatic carbocycles. The largest absolute Gasteiger partial charge is 0.504 e. The van der Waals surface area contributed by atoms with E-state index in [1.807, 2.05) is 13.8 Å². The monoisotopic (exact) mass is 264 g/mol. The quantitative estimate of drug-likeness (QED) is 0.847. The van der Waals surface area contributed by atoms with Crippen LogP contribution in [0.3, 0.4) is 0 Å². The molecule has 0 amide bonds. The van der Waals surface area contributed by atoms with E-state index in [-0.39, 0.29) is 5.75 Å². The Hall–Kier alpha value is -1.81. The van der Waals surface area contributed by atoms with E-state index in [1.54, 1.807) is 18.2 Å². The molecule has 1 N–H and O–H groups in total. The predicted octanol–water partition coefficient (Wildman–Crippen LogP) is 3.13. The molecule has 2 aromatic rings. The first-order valence-electron chi connectivity index (χ1n) is 5.41. The Labute approximate surface area is 110 Å². The fourth-order valence-corrected chi connectivity index (χ4v) is 1.76. The number of benzene rings is 1. The molecular weight excluding hydrogens is 252 g/mol. The van der Waals surface area contributed by atoms with Crippen molar-refractivity contribution in [2.75, 3.05) is 7.11 Å². The lowest BCUT2D eigenvalue weighted by Gasteiger charge is -2.08. The Morgan fingerprint density at radius 1 is 1.22 bits per heavy atom. The molecule has 0 fully saturated rings. The molecule has 0 unspecified atom stereocenters. The number of aromatic hydroxyl groups is 1. The number of aromatic nitrogens is 2. The second kappa shape index (κ2) is 4.82. The van der Waals surface area contributed by atoms with E-state index in [9.17, 15) is 5.11 Å². The number of rotatable bonds is 2. The lowest BCUT2D eigenvalue weighted by molar-refractivity contribution is 0.373. The van der Waals surface area contributed by atoms with Crippen molar-refractivity contribution in [3.63, 3.8) is 0 Å². The SMILES string of the molecule is COc1cc(-c2nc(C)c(C)c(Cl)n2)ccc1O. The van der Waals surface area contributed by atoms with Crippen molar-refractivity contribution in [3.05, 3.63) is 34.6 Å². The Balaban J connectivity index is 2.55. The minimum absolute atomic E-state index is 0.0798. The van der Waals surface area contributed by atoms with Crippen LogP contribution in [0.4, 0.5) is 0 Å². The van der Waals surface area contributed by atoms with Gasteiger partial charge in [-0.25, -0.2) is 9.97 Å². The van der Waals surface area contributed by atoms with Crippen LogP contribution in [0.25, 0.3) is 11.4 Å². The van der Waals surface area contributed by atoms with Crippen LogP contribution in [0.2, 0.25) is 5.15 Å². The summed E-state index contributed by atoms with van der Waals surface area (Å²) in [7, 11) is 1.49. The Morgan fingerprint density at radius 2 is 1.94 bits per heavy atom. The molecule has 94 valence electrons. The van der Waals surface area contributed by atoms with Crippen molar-refractivity contribution < 1.29 is 9.84 Å². The van der Waals surface area contributed by atoms with Gasteiger partial charge in [-0.15, -0.1) is 0 Å². The number of halogens is 1. The Bertz CT molecular complexity index is 577. The summed E-state index contributed by atoms with van der Waals surface area (Å²) in [6, 6.07) is 4.94. The molecule has 0 aliphatic heterocycles. The third kappa shape index (κ3) is 2.24. The Morgan fingerprint density at radius 3 is 2.56 bits per heavy atom. The molecule has 1 aromatic carbocycles. The number of nitrogens with zero attached hydrogens (tertiary/aromatic N) is 2. The van der Waals surface area contributed by atoms with E-state index in [2.05, 4.69) is 9.97 Å². The average molecular weight is 265 g/mol. The van der Waals surface area contributed by atoms with Gasteiger partial charge < -0.3 is 9.84 Å². The van der Waals surface area contributed by atoms with Gasteiger partial charge in [-0.05, 0) is 32.0 Å². The fraction of sp³-hybridized carbons (Fsp3) is 0.231. The molecule has 0 saturated carbocycles. The van der Waals surface area contributed by atoms with Crippen LogP contribution >= 0.6 is 11.6 Å². The first-order chi connectivity index (χ1) is 8.52. The molecule has 1 heterocycles. The molecule has 0 saturated heterocycles. The number of phenols is 1. The molecule has 0 atom stereocenters. The average Bonchev–Trinajstić information content (AvgIpc) is 2.36. The first kappa shape index (κ1) is 12.6. The summed E-state index contributed by atoms with van der Waals surface area (Å²) in [5.41, 5.74) is 2.44. The highest BCUT2D eigenvalue weighted by molar-refractivity contribution is 6.30. The molecule has 5 heteroatoms. The molecule has 2 rings (SSSR count). The number of hydrogen-bond acceptors (Lipinski definition) is 4. The van der Waals surface area contributed by atoms with Gasteiger partial charge in [-0.3, -0.25) is 0 Å². The molecular formula is C13H13ClN2O2. The number of ether oxygens (including phenoxy) is 1. The lowest BCUT2D eigenvalue weighted by Crippen LogP contribution is -1.97. The molecule has 1 aromatic heterocycles. The van der Waals surface area contributed by atoms with E-state index < -0.39 is 0 Å². The summed E-state index contributed by atoms with van der Waals surface area (Å²) < 4.78 is 5.05. The van der Waals surface area contributed by atoms with Gasteiger partial charge in [-0.1, -0.05) is 11.6 Å². The maximum absolute atomic E-state index is 9.54. The second-order valence-corrected chi connectivity index (χ2v) is 4.29. The summed E-state index contributed by atoms with van der Waals surface area (Å²) >= 11 is 6.04. The summed E-state index contributed by atoms with van der Waals surface area (Å²) in [5, 5.41) is 9.98. The molecule has 0 bridgehead atoms. The molecule has 0 spiro atoms. The standard InChI is InChI=1S/C13H13ClN2O2/c1-7-8(2)15-13(16-12(7)14)9-4-5-10(17)11(6-9)18-3/h4-6,17H,1-3H3. The molecule has 0 radical (unpaired) electrons. The number of hydrogen-bond donors (Lipinski definition) is 1. The van der Waals surface area contributed by atoms with Gasteiger partial charge >= 0.3 is 0 Å². The molecule has 18 heavy (non-hydrogen) atoms. The van der Waals surface area contributed by atoms with E-state index in [4.69, 9.17) is 16.3 Å². The van der Waals surface area contributed by atoms with E-state index in [1.165, 1.54) is 7.11 Å². The highest BCUT2D eigenvalue weighted by Crippen LogP contribution is 2.31. The van der Waals surface area contributed by atoms with Gasteiger partial charge in [0.05, 0.1) is 7.11 Å². The van der Waals surface area contributed by atoms with Gasteiger partial charge in [0.2, 0.25) is 0 Å². The summed E-state index contributed by atoms with van der Waals surface area (Å²) in [5.74, 6) is 0.975. The fourth-order valence-electron chi connectivity index (χ4n) is 1.54. The lowest BCUT2D eigenvalue weighted by atomic mass is 10.1. The minimum atomic E-state index is 0.0798. The zero-order chi connectivity index (χ0) is 13.3. The van der Waals surface area contributed by atoms with Crippen molar-refractivity contribution in [3.8, 4) is 22.9 Å². The smallest absolute Gasteiger partial charge is 0.161 e. The van der Waals surface area contributed by atoms with Gasteiger partial charge in [0.1, 0.15) is 5.15 Å². The van der Waals surface area contributed by atoms with E-state index in [0.29, 0.717) is 16.7 Å². The van der Waals surface area contributed by atoms with E-state index in [0.717, 1.165) is 16.8 Å². The van der Waals surface area contributed by atoms with Gasteiger partial charge in [0, 0.05) is 16.8 Å². The molecule has 0 aliphatic rings. The summed E-state index contributed by atoms with van der Waals surface area (Å²) in [6.45, 7) is 3.75. The minimum Gasteiger partial charge on any atom is -0.504 e. The third-order valence-electron chi connectivity index (χ3n) is 2.77. The summed E-state index contributed by atoms with van der Waals surface area (Å²) in [4.78, 5) is 8.60. The molecule has 4 nitrogen and oxygen atoms in total. The predicted molar refractivity (Wildman–Crippen MR) is 70.2 cm³/mol. The van der Waals surface area contributed by atoms with Crippen molar-refractivity contribution in [1.29, 1.82) is 0 Å². The van der Waals surface area contributed by atoms with Gasteiger partial charge in [0.25, 0.3) is 0 Å². The van der Waals surface area contributed by atoms with Crippen LogP contribution in [0.5, 0.6) is 11.5 Å². The second-order valence-electron chi connectivity index (χ2n) is 3.94. The van der Waals surface area contributed by atoms with Crippen LogP contribution in [0.15, 0.2) is 18.2 Å². The zero-order valence-electron chi connectivity index (χ0n) is 10.4. The highest BCUT2D eigenvalue weighted by Gasteiger charge is 2.10. The first-order valence-corrected chi connectivity index (χ1v) is 5.79. The summed E-state index contributed by atoms with van der Waals surface area (Å²) in [6.07, 6.45) is 0. The maximum Gasteiger partial charge on any atom is 0.161 e. The maximum atomic E-state index is 9.54. The van der Waals surface area contributed by atoms with Crippen LogP contribution in [-0.2, 0) is 0 Å². The van der Waals surface area contributed by atoms with Gasteiger partial charge in [0.15, 0.2) is 17.3 Å². The van der Waals surface area contributed by atoms with Crippen LogP contribution in [-0.4, -0.2) is 22.2 Å². The van der Waals surface area contributed by atoms with Crippen LogP contribution in [0, 0.1) is 13.8 Å².